The molecule has 2 aromatic carbocycles. The Labute approximate surface area is 136 Å². The van der Waals surface area contributed by atoms with Gasteiger partial charge in [0.1, 0.15) is 5.75 Å². The number of methoxy groups -OCH3 is 1. The third kappa shape index (κ3) is 2.96. The molecule has 0 spiro atoms. The topological polar surface area (TPSA) is 49.4 Å². The first kappa shape index (κ1) is 15.6. The van der Waals surface area contributed by atoms with Crippen LogP contribution in [0.1, 0.15) is 53.6 Å². The van der Waals surface area contributed by atoms with E-state index in [0.717, 1.165) is 37.0 Å². The Morgan fingerprint density at radius 3 is 2.30 bits per heavy atom. The molecule has 3 nitrogen and oxygen atoms in total. The van der Waals surface area contributed by atoms with E-state index in [-0.39, 0.29) is 11.0 Å². The van der Waals surface area contributed by atoms with Crippen LogP contribution in [0.3, 0.4) is 0 Å². The van der Waals surface area contributed by atoms with Crippen LogP contribution in [0, 0.1) is 0 Å². The maximum absolute atomic E-state index is 11.2. The van der Waals surface area contributed by atoms with Gasteiger partial charge in [0.2, 0.25) is 0 Å². The van der Waals surface area contributed by atoms with Crippen molar-refractivity contribution in [3.8, 4) is 5.75 Å². The number of ether oxygens (including phenoxy) is 1. The number of aromatic carboxylic acids is 1. The maximum atomic E-state index is 11.2. The van der Waals surface area contributed by atoms with Crippen molar-refractivity contribution in [1.82, 2.24) is 0 Å². The lowest BCUT2D eigenvalue weighted by atomic mass is 9.65. The highest BCUT2D eigenvalue weighted by atomic mass is 16.5. The monoisotopic (exact) mass is 309 g/mol. The highest BCUT2D eigenvalue weighted by Gasteiger charge is 2.35. The quantitative estimate of drug-likeness (QED) is 0.870. The molecule has 0 unspecified atom stereocenters. The van der Waals surface area contributed by atoms with Gasteiger partial charge in [-0.2, -0.15) is 0 Å². The van der Waals surface area contributed by atoms with Crippen LogP contribution in [-0.4, -0.2) is 13.1 Å². The van der Waals surface area contributed by atoms with Crippen molar-refractivity contribution >= 4 is 5.97 Å². The molecule has 0 atom stereocenters. The zero-order chi connectivity index (χ0) is 16.3. The van der Waals surface area contributed by atoms with Crippen LogP contribution in [-0.2, 0) is 5.41 Å². The summed E-state index contributed by atoms with van der Waals surface area (Å²) in [6, 6.07) is 15.4. The van der Waals surface area contributed by atoms with Gasteiger partial charge in [-0.15, -0.1) is 0 Å². The molecule has 0 amide bonds. The van der Waals surface area contributed by atoms with Gasteiger partial charge in [-0.25, -0.2) is 0 Å². The molecule has 0 heterocycles. The van der Waals surface area contributed by atoms with E-state index in [1.54, 1.807) is 19.2 Å². The molecule has 0 aromatic heterocycles. The first-order valence-electron chi connectivity index (χ1n) is 8.12. The van der Waals surface area contributed by atoms with Gasteiger partial charge in [0, 0.05) is 5.41 Å². The number of hydrogen-bond acceptors (Lipinski definition) is 3. The molecule has 1 saturated carbocycles. The Hall–Kier alpha value is -2.29. The number of hydrogen-bond donors (Lipinski definition) is 0. The second-order valence-electron chi connectivity index (χ2n) is 6.24. The lowest BCUT2D eigenvalue weighted by Crippen LogP contribution is -2.31. The van der Waals surface area contributed by atoms with E-state index in [2.05, 4.69) is 12.1 Å². The highest BCUT2D eigenvalue weighted by Crippen LogP contribution is 2.45. The van der Waals surface area contributed by atoms with E-state index in [1.807, 2.05) is 24.3 Å². The summed E-state index contributed by atoms with van der Waals surface area (Å²) in [5.41, 5.74) is 2.44. The van der Waals surface area contributed by atoms with Gasteiger partial charge < -0.3 is 14.6 Å². The van der Waals surface area contributed by atoms with Crippen molar-refractivity contribution in [3.63, 3.8) is 0 Å². The Morgan fingerprint density at radius 1 is 1.00 bits per heavy atom. The average molecular weight is 309 g/mol. The van der Waals surface area contributed by atoms with Gasteiger partial charge in [-0.1, -0.05) is 49.6 Å². The van der Waals surface area contributed by atoms with Gasteiger partial charge >= 0.3 is 0 Å². The highest BCUT2D eigenvalue weighted by molar-refractivity contribution is 5.86. The van der Waals surface area contributed by atoms with Crippen LogP contribution in [0.4, 0.5) is 0 Å². The standard InChI is InChI=1S/C20H22O3/c1-23-18-10-8-16(9-11-18)20(12-3-2-4-13-20)17-7-5-6-15(14-17)19(21)22/h5-11,14H,2-4,12-13H2,1H3,(H,21,22)/p-1. The fourth-order valence-electron chi connectivity index (χ4n) is 3.75. The van der Waals surface area contributed by atoms with E-state index in [9.17, 15) is 9.90 Å². The first-order valence-corrected chi connectivity index (χ1v) is 8.12. The number of carboxylic acids is 1. The van der Waals surface area contributed by atoms with Crippen LogP contribution in [0.2, 0.25) is 0 Å². The summed E-state index contributed by atoms with van der Waals surface area (Å²) in [5, 5.41) is 11.2. The van der Waals surface area contributed by atoms with Gasteiger partial charge in [0.25, 0.3) is 0 Å². The Balaban J connectivity index is 2.09. The van der Waals surface area contributed by atoms with Crippen molar-refractivity contribution < 1.29 is 14.6 Å². The minimum atomic E-state index is -1.12. The van der Waals surface area contributed by atoms with E-state index >= 15 is 0 Å². The third-order valence-electron chi connectivity index (χ3n) is 5.00. The van der Waals surface area contributed by atoms with Gasteiger partial charge in [0.05, 0.1) is 13.1 Å². The van der Waals surface area contributed by atoms with E-state index < -0.39 is 5.97 Å². The predicted molar refractivity (Wildman–Crippen MR) is 87.6 cm³/mol. The molecule has 1 fully saturated rings. The summed E-state index contributed by atoms with van der Waals surface area (Å²) in [6.45, 7) is 0. The smallest absolute Gasteiger partial charge is 0.118 e. The molecule has 0 aliphatic heterocycles. The maximum Gasteiger partial charge on any atom is 0.118 e. The zero-order valence-electron chi connectivity index (χ0n) is 13.4. The predicted octanol–water partition coefficient (Wildman–Crippen LogP) is 3.31. The molecule has 23 heavy (non-hydrogen) atoms. The second kappa shape index (κ2) is 6.45. The van der Waals surface area contributed by atoms with Crippen molar-refractivity contribution in [3.05, 3.63) is 65.2 Å². The number of carbonyl (C=O) groups is 1. The molecule has 1 aliphatic carbocycles. The Morgan fingerprint density at radius 2 is 1.70 bits per heavy atom. The summed E-state index contributed by atoms with van der Waals surface area (Å²) < 4.78 is 5.26. The van der Waals surface area contributed by atoms with Crippen LogP contribution >= 0.6 is 0 Å². The van der Waals surface area contributed by atoms with Crippen molar-refractivity contribution in [2.75, 3.05) is 7.11 Å². The molecule has 0 radical (unpaired) electrons. The van der Waals surface area contributed by atoms with E-state index in [1.165, 1.54) is 12.0 Å². The molecule has 0 bridgehead atoms. The molecule has 3 rings (SSSR count). The molecule has 120 valence electrons. The number of benzene rings is 2. The molecule has 1 aliphatic rings. The number of carboxylic acid groups (broad SMARTS) is 1. The van der Waals surface area contributed by atoms with Gasteiger partial charge in [-0.3, -0.25) is 0 Å². The first-order chi connectivity index (χ1) is 11.2. The molecular weight excluding hydrogens is 288 g/mol. The van der Waals surface area contributed by atoms with Crippen LogP contribution in [0.25, 0.3) is 0 Å². The Bertz CT molecular complexity index is 682. The fourth-order valence-corrected chi connectivity index (χ4v) is 3.75. The third-order valence-corrected chi connectivity index (χ3v) is 5.00. The number of carbonyl (C=O) groups excluding carboxylic acids is 1. The fraction of sp³-hybridized carbons (Fsp3) is 0.350. The van der Waals surface area contributed by atoms with Crippen LogP contribution in [0.5, 0.6) is 5.75 Å². The van der Waals surface area contributed by atoms with Crippen LogP contribution < -0.4 is 9.84 Å². The van der Waals surface area contributed by atoms with Crippen molar-refractivity contribution in [2.24, 2.45) is 0 Å². The molecule has 3 heteroatoms. The Kier molecular flexibility index (Phi) is 4.37. The second-order valence-corrected chi connectivity index (χ2v) is 6.24. The van der Waals surface area contributed by atoms with Gasteiger partial charge in [0.15, 0.2) is 0 Å². The summed E-state index contributed by atoms with van der Waals surface area (Å²) in [4.78, 5) is 11.2. The normalized spacial score (nSPS) is 16.7. The summed E-state index contributed by atoms with van der Waals surface area (Å²) in [7, 11) is 1.66. The molecular formula is C20H21O3-. The van der Waals surface area contributed by atoms with E-state index in [4.69, 9.17) is 4.74 Å². The van der Waals surface area contributed by atoms with Crippen molar-refractivity contribution in [2.45, 2.75) is 37.5 Å². The minimum absolute atomic E-state index is 0.115. The zero-order valence-corrected chi connectivity index (χ0v) is 13.4. The van der Waals surface area contributed by atoms with Gasteiger partial charge in [-0.05, 0) is 47.7 Å². The van der Waals surface area contributed by atoms with Crippen molar-refractivity contribution in [1.29, 1.82) is 0 Å². The number of rotatable bonds is 4. The lowest BCUT2D eigenvalue weighted by Gasteiger charge is -2.39. The molecule has 2 aromatic rings. The summed E-state index contributed by atoms with van der Waals surface area (Å²) >= 11 is 0. The average Bonchev–Trinajstić information content (AvgIpc) is 2.62. The SMILES string of the molecule is COc1ccc(C2(c3cccc(C(=O)[O-])c3)CCCCC2)cc1. The van der Waals surface area contributed by atoms with Crippen LogP contribution in [0.15, 0.2) is 48.5 Å². The molecule has 0 saturated heterocycles. The van der Waals surface area contributed by atoms with E-state index in [0.29, 0.717) is 0 Å². The summed E-state index contributed by atoms with van der Waals surface area (Å²) in [6.07, 6.45) is 5.62. The largest absolute Gasteiger partial charge is 0.545 e. The summed E-state index contributed by atoms with van der Waals surface area (Å²) in [5.74, 6) is -0.282. The molecule has 0 N–H and O–H groups in total. The lowest BCUT2D eigenvalue weighted by molar-refractivity contribution is -0.255. The minimum Gasteiger partial charge on any atom is -0.545 e.